The van der Waals surface area contributed by atoms with Gasteiger partial charge in [0.1, 0.15) is 23.4 Å². The maximum Gasteiger partial charge on any atom is 0.344 e. The highest BCUT2D eigenvalue weighted by atomic mass is 16.6. The van der Waals surface area contributed by atoms with Crippen molar-refractivity contribution < 1.29 is 23.5 Å². The molecule has 0 saturated heterocycles. The third-order valence-corrected chi connectivity index (χ3v) is 4.80. The molecule has 31 heavy (non-hydrogen) atoms. The molecule has 0 unspecified atom stereocenters. The number of carbonyl (C=O) groups excluding carboxylic acids is 2. The summed E-state index contributed by atoms with van der Waals surface area (Å²) in [7, 11) is 0. The molecule has 1 N–H and O–H groups in total. The second kappa shape index (κ2) is 9.67. The summed E-state index contributed by atoms with van der Waals surface area (Å²) < 4.78 is 17.5. The molecule has 0 spiro atoms. The standard InChI is InChI=1S/C23H23N3O5/c1-15-6-4-7-18(10-15)30-14-22(28)31-13-21(27)25-23-20(11-24)16(2)17(3)26(23)12-19-8-5-9-29-19/h4-10H,12-14H2,1-3H3,(H,25,27). The molecule has 0 aliphatic carbocycles. The minimum Gasteiger partial charge on any atom is -0.482 e. The first-order chi connectivity index (χ1) is 14.9. The molecular weight excluding hydrogens is 398 g/mol. The maximum absolute atomic E-state index is 12.4. The van der Waals surface area contributed by atoms with Crippen LogP contribution < -0.4 is 10.1 Å². The zero-order valence-corrected chi connectivity index (χ0v) is 17.6. The van der Waals surface area contributed by atoms with E-state index in [1.165, 1.54) is 0 Å². The molecule has 3 rings (SSSR count). The van der Waals surface area contributed by atoms with Crippen molar-refractivity contribution in [3.8, 4) is 11.8 Å². The Morgan fingerprint density at radius 1 is 1.16 bits per heavy atom. The quantitative estimate of drug-likeness (QED) is 0.558. The van der Waals surface area contributed by atoms with Gasteiger partial charge in [-0.05, 0) is 56.2 Å². The van der Waals surface area contributed by atoms with Crippen molar-refractivity contribution in [1.82, 2.24) is 4.57 Å². The second-order valence-corrected chi connectivity index (χ2v) is 7.03. The van der Waals surface area contributed by atoms with E-state index >= 15 is 0 Å². The van der Waals surface area contributed by atoms with Gasteiger partial charge in [-0.2, -0.15) is 5.26 Å². The molecule has 160 valence electrons. The average molecular weight is 421 g/mol. The van der Waals surface area contributed by atoms with Crippen molar-refractivity contribution in [1.29, 1.82) is 5.26 Å². The summed E-state index contributed by atoms with van der Waals surface area (Å²) in [6.45, 7) is 5.12. The summed E-state index contributed by atoms with van der Waals surface area (Å²) in [4.78, 5) is 24.3. The number of hydrogen-bond acceptors (Lipinski definition) is 6. The highest BCUT2D eigenvalue weighted by molar-refractivity contribution is 5.93. The van der Waals surface area contributed by atoms with E-state index in [1.807, 2.05) is 39.0 Å². The van der Waals surface area contributed by atoms with Crippen LogP contribution in [0.4, 0.5) is 5.82 Å². The second-order valence-electron chi connectivity index (χ2n) is 7.03. The zero-order valence-electron chi connectivity index (χ0n) is 17.6. The van der Waals surface area contributed by atoms with Gasteiger partial charge in [0.25, 0.3) is 5.91 Å². The van der Waals surface area contributed by atoms with Crippen LogP contribution in [0.1, 0.15) is 28.1 Å². The number of amides is 1. The molecule has 1 amide bonds. The van der Waals surface area contributed by atoms with Crippen LogP contribution in [0.3, 0.4) is 0 Å². The number of nitrogens with one attached hydrogen (secondary N) is 1. The Labute approximate surface area is 180 Å². The Morgan fingerprint density at radius 3 is 2.65 bits per heavy atom. The predicted molar refractivity (Wildman–Crippen MR) is 113 cm³/mol. The summed E-state index contributed by atoms with van der Waals surface area (Å²) in [6, 6.07) is 13.0. The third-order valence-electron chi connectivity index (χ3n) is 4.80. The minimum absolute atomic E-state index is 0.312. The Hall–Kier alpha value is -3.99. The fourth-order valence-electron chi connectivity index (χ4n) is 3.09. The summed E-state index contributed by atoms with van der Waals surface area (Å²) in [5, 5.41) is 12.2. The lowest BCUT2D eigenvalue weighted by Crippen LogP contribution is -2.25. The molecule has 0 saturated carbocycles. The van der Waals surface area contributed by atoms with Gasteiger partial charge in [-0.3, -0.25) is 4.79 Å². The number of esters is 1. The Morgan fingerprint density at radius 2 is 1.97 bits per heavy atom. The summed E-state index contributed by atoms with van der Waals surface area (Å²) in [6.07, 6.45) is 1.56. The van der Waals surface area contributed by atoms with Crippen LogP contribution in [0.15, 0.2) is 47.1 Å². The molecule has 0 aliphatic rings. The average Bonchev–Trinajstić information content (AvgIpc) is 3.34. The van der Waals surface area contributed by atoms with Crippen LogP contribution in [-0.4, -0.2) is 29.7 Å². The molecule has 8 heteroatoms. The van der Waals surface area contributed by atoms with E-state index < -0.39 is 18.5 Å². The van der Waals surface area contributed by atoms with Crippen LogP contribution in [0.2, 0.25) is 0 Å². The number of ether oxygens (including phenoxy) is 2. The van der Waals surface area contributed by atoms with Gasteiger partial charge in [0.05, 0.1) is 18.4 Å². The normalized spacial score (nSPS) is 10.4. The Balaban J connectivity index is 1.61. The monoisotopic (exact) mass is 421 g/mol. The smallest absolute Gasteiger partial charge is 0.344 e. The van der Waals surface area contributed by atoms with Gasteiger partial charge in [-0.25, -0.2) is 4.79 Å². The number of aromatic nitrogens is 1. The van der Waals surface area contributed by atoms with Crippen LogP contribution >= 0.6 is 0 Å². The van der Waals surface area contributed by atoms with Crippen molar-refractivity contribution in [2.75, 3.05) is 18.5 Å². The number of hydrogen-bond donors (Lipinski definition) is 1. The number of aryl methyl sites for hydroxylation is 1. The number of carbonyl (C=O) groups is 2. The van der Waals surface area contributed by atoms with E-state index in [1.54, 1.807) is 29.0 Å². The summed E-state index contributed by atoms with van der Waals surface area (Å²) in [5.41, 5.74) is 2.94. The Kier molecular flexibility index (Phi) is 6.78. The minimum atomic E-state index is -0.671. The van der Waals surface area contributed by atoms with Gasteiger partial charge >= 0.3 is 5.97 Å². The molecule has 0 aliphatic heterocycles. The topological polar surface area (TPSA) is 106 Å². The number of furan rings is 1. The molecule has 1 aromatic carbocycles. The number of nitriles is 1. The van der Waals surface area contributed by atoms with Crippen molar-refractivity contribution in [3.05, 3.63) is 70.8 Å². The van der Waals surface area contributed by atoms with Gasteiger partial charge < -0.3 is 23.8 Å². The first-order valence-electron chi connectivity index (χ1n) is 9.66. The first kappa shape index (κ1) is 21.7. The van der Waals surface area contributed by atoms with Gasteiger partial charge in [0.15, 0.2) is 13.2 Å². The molecule has 0 atom stereocenters. The lowest BCUT2D eigenvalue weighted by atomic mass is 10.2. The number of nitrogens with zero attached hydrogens (tertiary/aromatic N) is 2. The van der Waals surface area contributed by atoms with Crippen LogP contribution in [0.5, 0.6) is 5.75 Å². The molecule has 2 aromatic heterocycles. The lowest BCUT2D eigenvalue weighted by molar-refractivity contribution is -0.149. The molecule has 2 heterocycles. The lowest BCUT2D eigenvalue weighted by Gasteiger charge is -2.12. The highest BCUT2D eigenvalue weighted by Gasteiger charge is 2.21. The van der Waals surface area contributed by atoms with E-state index in [2.05, 4.69) is 11.4 Å². The SMILES string of the molecule is Cc1cccc(OCC(=O)OCC(=O)Nc2c(C#N)c(C)c(C)n2Cc2ccco2)c1. The van der Waals surface area contributed by atoms with Crippen molar-refractivity contribution in [3.63, 3.8) is 0 Å². The third kappa shape index (κ3) is 5.34. The number of anilines is 1. The van der Waals surface area contributed by atoms with Gasteiger partial charge in [-0.1, -0.05) is 12.1 Å². The van der Waals surface area contributed by atoms with E-state index in [4.69, 9.17) is 13.9 Å². The maximum atomic E-state index is 12.4. The van der Waals surface area contributed by atoms with E-state index in [0.29, 0.717) is 29.4 Å². The number of benzene rings is 1. The molecular formula is C23H23N3O5. The molecule has 0 bridgehead atoms. The number of rotatable bonds is 8. The highest BCUT2D eigenvalue weighted by Crippen LogP contribution is 2.27. The van der Waals surface area contributed by atoms with Crippen molar-refractivity contribution in [2.45, 2.75) is 27.3 Å². The largest absolute Gasteiger partial charge is 0.482 e. The summed E-state index contributed by atoms with van der Waals surface area (Å²) >= 11 is 0. The molecule has 0 fully saturated rings. The van der Waals surface area contributed by atoms with E-state index in [9.17, 15) is 14.9 Å². The van der Waals surface area contributed by atoms with Gasteiger partial charge in [0, 0.05) is 5.69 Å². The van der Waals surface area contributed by atoms with E-state index in [-0.39, 0.29) is 6.61 Å². The first-order valence-corrected chi connectivity index (χ1v) is 9.66. The fourth-order valence-corrected chi connectivity index (χ4v) is 3.09. The van der Waals surface area contributed by atoms with E-state index in [0.717, 1.165) is 16.8 Å². The van der Waals surface area contributed by atoms with Crippen LogP contribution in [0, 0.1) is 32.1 Å². The van der Waals surface area contributed by atoms with Crippen LogP contribution in [-0.2, 0) is 20.9 Å². The summed E-state index contributed by atoms with van der Waals surface area (Å²) in [5.74, 6) is 0.333. The van der Waals surface area contributed by atoms with Gasteiger partial charge in [0.2, 0.25) is 0 Å². The molecule has 8 nitrogen and oxygen atoms in total. The van der Waals surface area contributed by atoms with Crippen molar-refractivity contribution in [2.24, 2.45) is 0 Å². The van der Waals surface area contributed by atoms with Crippen LogP contribution in [0.25, 0.3) is 0 Å². The molecule has 3 aromatic rings. The predicted octanol–water partition coefficient (Wildman–Crippen LogP) is 3.49. The zero-order chi connectivity index (χ0) is 22.4. The van der Waals surface area contributed by atoms with Gasteiger partial charge in [-0.15, -0.1) is 0 Å². The Bertz CT molecular complexity index is 1120. The fraction of sp³-hybridized carbons (Fsp3) is 0.261. The van der Waals surface area contributed by atoms with Crippen molar-refractivity contribution >= 4 is 17.7 Å². The molecule has 0 radical (unpaired) electrons.